The van der Waals surface area contributed by atoms with Crippen molar-refractivity contribution in [1.29, 1.82) is 0 Å². The van der Waals surface area contributed by atoms with Crippen LogP contribution in [0.5, 0.6) is 0 Å². The molecule has 14 heavy (non-hydrogen) atoms. The molecule has 0 bridgehead atoms. The minimum atomic E-state index is -0.890. The Labute approximate surface area is 81.0 Å². The molecule has 0 aromatic rings. The van der Waals surface area contributed by atoms with Gasteiger partial charge in [0.1, 0.15) is 6.10 Å². The summed E-state index contributed by atoms with van der Waals surface area (Å²) in [5.74, 6) is 0. The summed E-state index contributed by atoms with van der Waals surface area (Å²) < 4.78 is 8.89. The summed E-state index contributed by atoms with van der Waals surface area (Å²) in [7, 11) is 0. The van der Waals surface area contributed by atoms with E-state index in [0.29, 0.717) is 0 Å². The Morgan fingerprint density at radius 3 is 2.71 bits per heavy atom. The van der Waals surface area contributed by atoms with Crippen molar-refractivity contribution in [1.82, 2.24) is 0 Å². The normalized spacial score (nSPS) is 11.6. The molecule has 1 radical (unpaired) electrons. The van der Waals surface area contributed by atoms with Crippen molar-refractivity contribution in [3.8, 4) is 0 Å². The lowest BCUT2D eigenvalue weighted by Crippen LogP contribution is -2.17. The number of rotatable bonds is 6. The summed E-state index contributed by atoms with van der Waals surface area (Å²) in [6.45, 7) is 4.76. The smallest absolute Gasteiger partial charge is 0.434 e. The van der Waals surface area contributed by atoms with E-state index in [1.807, 2.05) is 0 Å². The van der Waals surface area contributed by atoms with Gasteiger partial charge in [0.2, 0.25) is 0 Å². The van der Waals surface area contributed by atoms with Crippen LogP contribution >= 0.6 is 0 Å². The molecule has 0 amide bonds. The van der Waals surface area contributed by atoms with Gasteiger partial charge in [-0.3, -0.25) is 0 Å². The second kappa shape index (κ2) is 6.93. The lowest BCUT2D eigenvalue weighted by Gasteiger charge is -2.08. The van der Waals surface area contributed by atoms with Crippen molar-refractivity contribution in [2.45, 2.75) is 19.4 Å². The van der Waals surface area contributed by atoms with E-state index in [0.717, 1.165) is 0 Å². The van der Waals surface area contributed by atoms with Gasteiger partial charge in [0.15, 0.2) is 0 Å². The van der Waals surface area contributed by atoms with Crippen LogP contribution in [-0.2, 0) is 14.3 Å². The van der Waals surface area contributed by atoms with E-state index in [4.69, 9.17) is 0 Å². The molecule has 0 N–H and O–H groups in total. The van der Waals surface area contributed by atoms with Crippen LogP contribution in [-0.4, -0.2) is 30.6 Å². The fourth-order valence-electron chi connectivity index (χ4n) is 0.633. The van der Waals surface area contributed by atoms with Crippen LogP contribution in [0.3, 0.4) is 0 Å². The van der Waals surface area contributed by atoms with Crippen LogP contribution in [0.15, 0.2) is 0 Å². The maximum atomic E-state index is 10.6. The van der Waals surface area contributed by atoms with Gasteiger partial charge in [0.05, 0.1) is 13.2 Å². The molecule has 0 fully saturated rings. The van der Waals surface area contributed by atoms with Crippen LogP contribution in [0.1, 0.15) is 13.3 Å². The zero-order valence-corrected chi connectivity index (χ0v) is 7.80. The van der Waals surface area contributed by atoms with Crippen LogP contribution in [0, 0.1) is 17.0 Å². The third kappa shape index (κ3) is 7.14. The van der Waals surface area contributed by atoms with Gasteiger partial charge in [-0.05, 0) is 13.8 Å². The van der Waals surface area contributed by atoms with Crippen molar-refractivity contribution in [2.24, 2.45) is 0 Å². The number of nitrogens with zero attached hydrogens (tertiary/aromatic N) is 1. The summed E-state index contributed by atoms with van der Waals surface area (Å²) in [6.07, 6.45) is -1.22. The van der Waals surface area contributed by atoms with Gasteiger partial charge in [0, 0.05) is 6.42 Å². The number of ether oxygens (including phenoxy) is 2. The molecule has 0 saturated carbocycles. The van der Waals surface area contributed by atoms with Crippen LogP contribution in [0.2, 0.25) is 0 Å². The first-order valence-electron chi connectivity index (χ1n) is 3.96. The molecule has 7 nitrogen and oxygen atoms in total. The molecule has 0 aliphatic heterocycles. The highest BCUT2D eigenvalue weighted by atomic mass is 17.0. The minimum Gasteiger partial charge on any atom is -0.434 e. The van der Waals surface area contributed by atoms with Crippen LogP contribution < -0.4 is 0 Å². The molecule has 0 aromatic heterocycles. The fraction of sp³-hybridized carbons (Fsp3) is 0.714. The highest BCUT2D eigenvalue weighted by Gasteiger charge is 2.08. The quantitative estimate of drug-likeness (QED) is 0.365. The predicted molar refractivity (Wildman–Crippen MR) is 44.8 cm³/mol. The highest BCUT2D eigenvalue weighted by molar-refractivity contribution is 5.59. The Morgan fingerprint density at radius 1 is 1.57 bits per heavy atom. The van der Waals surface area contributed by atoms with Gasteiger partial charge in [0.25, 0.3) is 5.09 Å². The molecule has 0 aliphatic carbocycles. The lowest BCUT2D eigenvalue weighted by atomic mass is 10.3. The summed E-state index contributed by atoms with van der Waals surface area (Å²) in [4.78, 5) is 24.6. The second-order valence-electron chi connectivity index (χ2n) is 2.38. The molecule has 7 heteroatoms. The molecular formula is C7H12NO6. The highest BCUT2D eigenvalue weighted by Crippen LogP contribution is 1.98. The SMILES string of the molecule is [CH2]COC(=O)OCCC(C)O[N+](=O)[O-]. The van der Waals surface area contributed by atoms with Gasteiger partial charge in [-0.2, -0.15) is 0 Å². The Morgan fingerprint density at radius 2 is 2.21 bits per heavy atom. The van der Waals surface area contributed by atoms with Crippen molar-refractivity contribution < 1.29 is 24.2 Å². The van der Waals surface area contributed by atoms with E-state index in [2.05, 4.69) is 21.2 Å². The Balaban J connectivity index is 3.43. The summed E-state index contributed by atoms with van der Waals surface area (Å²) in [5, 5.41) is 8.96. The zero-order chi connectivity index (χ0) is 11.0. The maximum Gasteiger partial charge on any atom is 0.508 e. The van der Waals surface area contributed by atoms with Gasteiger partial charge in [-0.1, -0.05) is 0 Å². The molecule has 81 valence electrons. The Hall–Kier alpha value is -1.53. The van der Waals surface area contributed by atoms with Gasteiger partial charge in [-0.15, -0.1) is 10.1 Å². The maximum absolute atomic E-state index is 10.6. The van der Waals surface area contributed by atoms with E-state index in [9.17, 15) is 14.9 Å². The summed E-state index contributed by atoms with van der Waals surface area (Å²) in [5.41, 5.74) is 0. The third-order valence-electron chi connectivity index (χ3n) is 1.23. The molecule has 1 unspecified atom stereocenters. The molecule has 0 heterocycles. The topological polar surface area (TPSA) is 87.9 Å². The van der Waals surface area contributed by atoms with Crippen molar-refractivity contribution >= 4 is 6.16 Å². The number of carbonyl (C=O) groups excluding carboxylic acids is 1. The molecule has 0 saturated heterocycles. The average molecular weight is 206 g/mol. The first-order chi connectivity index (χ1) is 6.56. The Bertz CT molecular complexity index is 195. The van der Waals surface area contributed by atoms with Crippen molar-refractivity contribution in [3.63, 3.8) is 0 Å². The van der Waals surface area contributed by atoms with E-state index < -0.39 is 17.3 Å². The van der Waals surface area contributed by atoms with Crippen LogP contribution in [0.25, 0.3) is 0 Å². The van der Waals surface area contributed by atoms with E-state index >= 15 is 0 Å². The zero-order valence-electron chi connectivity index (χ0n) is 7.80. The summed E-state index contributed by atoms with van der Waals surface area (Å²) in [6, 6.07) is 0. The monoisotopic (exact) mass is 206 g/mol. The van der Waals surface area contributed by atoms with Gasteiger partial charge in [-0.25, -0.2) is 4.79 Å². The molecule has 1 atom stereocenters. The van der Waals surface area contributed by atoms with Crippen LogP contribution in [0.4, 0.5) is 4.79 Å². The number of hydrogen-bond donors (Lipinski definition) is 0. The van der Waals surface area contributed by atoms with Gasteiger partial charge < -0.3 is 14.3 Å². The largest absolute Gasteiger partial charge is 0.508 e. The first-order valence-corrected chi connectivity index (χ1v) is 3.96. The molecular weight excluding hydrogens is 194 g/mol. The van der Waals surface area contributed by atoms with E-state index in [1.54, 1.807) is 0 Å². The fourth-order valence-corrected chi connectivity index (χ4v) is 0.633. The Kier molecular flexibility index (Phi) is 6.17. The van der Waals surface area contributed by atoms with Crippen molar-refractivity contribution in [3.05, 3.63) is 17.0 Å². The van der Waals surface area contributed by atoms with E-state index in [-0.39, 0.29) is 19.6 Å². The second-order valence-corrected chi connectivity index (χ2v) is 2.38. The molecule has 0 rings (SSSR count). The van der Waals surface area contributed by atoms with Gasteiger partial charge >= 0.3 is 6.16 Å². The molecule has 0 aromatic carbocycles. The molecule has 0 aliphatic rings. The number of hydrogen-bond acceptors (Lipinski definition) is 6. The average Bonchev–Trinajstić information content (AvgIpc) is 2.02. The van der Waals surface area contributed by atoms with Crippen molar-refractivity contribution in [2.75, 3.05) is 13.2 Å². The van der Waals surface area contributed by atoms with E-state index in [1.165, 1.54) is 6.92 Å². The minimum absolute atomic E-state index is 0.00778. The number of carbonyl (C=O) groups is 1. The summed E-state index contributed by atoms with van der Waals surface area (Å²) >= 11 is 0. The first kappa shape index (κ1) is 12.5. The predicted octanol–water partition coefficient (Wildman–Crippen LogP) is 0.961. The standard InChI is InChI=1S/C7H12NO6/c1-3-12-7(9)13-5-4-6(2)14-8(10)11/h6H,1,3-5H2,2H3. The third-order valence-corrected chi connectivity index (χ3v) is 1.23. The lowest BCUT2D eigenvalue weighted by molar-refractivity contribution is -0.767. The molecule has 0 spiro atoms.